The van der Waals surface area contributed by atoms with Crippen LogP contribution in [-0.2, 0) is 22.6 Å². The molecule has 1 atom stereocenters. The number of carbonyl (C=O) groups excluding carboxylic acids is 1. The highest BCUT2D eigenvalue weighted by Crippen LogP contribution is 2.34. The van der Waals surface area contributed by atoms with Gasteiger partial charge in [0, 0.05) is 23.7 Å². The number of esters is 1. The highest BCUT2D eigenvalue weighted by atomic mass is 16.5. The number of hydrogen-bond acceptors (Lipinski definition) is 7. The number of nitrogens with zero attached hydrogens (tertiary/aromatic N) is 5. The first-order valence-electron chi connectivity index (χ1n) is 12.3. The Hall–Kier alpha value is -3.07. The lowest BCUT2D eigenvalue weighted by molar-refractivity contribution is -0.144. The van der Waals surface area contributed by atoms with Gasteiger partial charge in [0.2, 0.25) is 0 Å². The summed E-state index contributed by atoms with van der Waals surface area (Å²) in [6.07, 6.45) is 6.23. The van der Waals surface area contributed by atoms with Crippen LogP contribution in [0.4, 0.5) is 0 Å². The van der Waals surface area contributed by atoms with E-state index in [0.717, 1.165) is 47.7 Å². The largest absolute Gasteiger partial charge is 0.465 e. The van der Waals surface area contributed by atoms with E-state index in [2.05, 4.69) is 45.3 Å². The fourth-order valence-corrected chi connectivity index (χ4v) is 5.02. The number of carbonyl (C=O) groups is 1. The van der Waals surface area contributed by atoms with Crippen LogP contribution in [0.25, 0.3) is 10.9 Å². The van der Waals surface area contributed by atoms with Crippen molar-refractivity contribution in [1.82, 2.24) is 30.1 Å². The van der Waals surface area contributed by atoms with Gasteiger partial charge in [-0.1, -0.05) is 37.8 Å². The van der Waals surface area contributed by atoms with Crippen LogP contribution in [0.3, 0.4) is 0 Å². The third kappa shape index (κ3) is 5.35. The summed E-state index contributed by atoms with van der Waals surface area (Å²) in [5, 5.41) is 13.3. The van der Waals surface area contributed by atoms with Gasteiger partial charge in [-0.3, -0.25) is 14.5 Å². The number of hydrogen-bond donors (Lipinski definition) is 1. The quantitative estimate of drug-likeness (QED) is 0.454. The summed E-state index contributed by atoms with van der Waals surface area (Å²) < 4.78 is 6.67. The molecule has 0 saturated heterocycles. The average molecular weight is 467 g/mol. The van der Waals surface area contributed by atoms with Crippen molar-refractivity contribution in [3.63, 3.8) is 0 Å². The van der Waals surface area contributed by atoms with Crippen molar-refractivity contribution in [2.45, 2.75) is 84.5 Å². The molecule has 2 aromatic heterocycles. The Morgan fingerprint density at radius 1 is 1.26 bits per heavy atom. The van der Waals surface area contributed by atoms with Crippen LogP contribution in [0.2, 0.25) is 0 Å². The van der Waals surface area contributed by atoms with Crippen LogP contribution < -0.4 is 5.56 Å². The van der Waals surface area contributed by atoms with E-state index in [-0.39, 0.29) is 24.1 Å². The Morgan fingerprint density at radius 2 is 2.06 bits per heavy atom. The Kier molecular flexibility index (Phi) is 7.72. The maximum absolute atomic E-state index is 13.0. The first-order chi connectivity index (χ1) is 16.5. The average Bonchev–Trinajstić information content (AvgIpc) is 3.49. The minimum atomic E-state index is -0.361. The van der Waals surface area contributed by atoms with Crippen molar-refractivity contribution in [3.05, 3.63) is 51.6 Å². The number of tetrazole rings is 1. The summed E-state index contributed by atoms with van der Waals surface area (Å²) in [4.78, 5) is 30.6. The predicted molar refractivity (Wildman–Crippen MR) is 129 cm³/mol. The smallest absolute Gasteiger partial charge is 0.327 e. The molecule has 1 aliphatic rings. The van der Waals surface area contributed by atoms with E-state index in [0.29, 0.717) is 25.0 Å². The molecule has 0 amide bonds. The molecular formula is C25H34N6O3. The SMILES string of the molecule is CCC[C@H](c1nnnn1CC(=O)OCC)N(Cc1cc2cc(C)ccc2[nH]c1=O)C1CCCC1. The minimum Gasteiger partial charge on any atom is -0.465 e. The van der Waals surface area contributed by atoms with Gasteiger partial charge in [0.25, 0.3) is 5.56 Å². The molecule has 0 radical (unpaired) electrons. The van der Waals surface area contributed by atoms with Crippen molar-refractivity contribution < 1.29 is 9.53 Å². The van der Waals surface area contributed by atoms with Gasteiger partial charge < -0.3 is 9.72 Å². The monoisotopic (exact) mass is 466 g/mol. The molecule has 0 bridgehead atoms. The molecule has 3 aromatic rings. The molecule has 1 saturated carbocycles. The Labute approximate surface area is 199 Å². The van der Waals surface area contributed by atoms with Crippen LogP contribution in [0.1, 0.15) is 75.4 Å². The molecule has 1 N–H and O–H groups in total. The lowest BCUT2D eigenvalue weighted by Gasteiger charge is -2.35. The lowest BCUT2D eigenvalue weighted by Crippen LogP contribution is -2.39. The molecule has 9 nitrogen and oxygen atoms in total. The van der Waals surface area contributed by atoms with Crippen LogP contribution in [0, 0.1) is 6.92 Å². The molecule has 182 valence electrons. The molecule has 0 spiro atoms. The van der Waals surface area contributed by atoms with Crippen LogP contribution in [-0.4, -0.2) is 48.7 Å². The fraction of sp³-hybridized carbons (Fsp3) is 0.560. The molecule has 0 aliphatic heterocycles. The molecule has 4 rings (SSSR count). The van der Waals surface area contributed by atoms with Crippen LogP contribution in [0.5, 0.6) is 0 Å². The zero-order chi connectivity index (χ0) is 24.1. The van der Waals surface area contributed by atoms with E-state index < -0.39 is 0 Å². The number of rotatable bonds is 10. The Balaban J connectivity index is 1.71. The Bertz CT molecular complexity index is 1180. The number of aryl methyl sites for hydroxylation is 1. The second-order valence-corrected chi connectivity index (χ2v) is 9.13. The number of aromatic amines is 1. The number of nitrogens with one attached hydrogen (secondary N) is 1. The lowest BCUT2D eigenvalue weighted by atomic mass is 10.0. The van der Waals surface area contributed by atoms with Gasteiger partial charge in [-0.05, 0) is 67.1 Å². The third-order valence-corrected chi connectivity index (χ3v) is 6.63. The predicted octanol–water partition coefficient (Wildman–Crippen LogP) is 3.67. The highest BCUT2D eigenvalue weighted by molar-refractivity contribution is 5.79. The maximum atomic E-state index is 13.0. The zero-order valence-electron chi connectivity index (χ0n) is 20.3. The van der Waals surface area contributed by atoms with Crippen LogP contribution >= 0.6 is 0 Å². The normalized spacial score (nSPS) is 15.3. The third-order valence-electron chi connectivity index (χ3n) is 6.63. The second kappa shape index (κ2) is 10.9. The second-order valence-electron chi connectivity index (χ2n) is 9.13. The summed E-state index contributed by atoms with van der Waals surface area (Å²) >= 11 is 0. The van der Waals surface area contributed by atoms with Crippen LogP contribution in [0.15, 0.2) is 29.1 Å². The van der Waals surface area contributed by atoms with Crippen molar-refractivity contribution in [2.24, 2.45) is 0 Å². The summed E-state index contributed by atoms with van der Waals surface area (Å²) in [5.74, 6) is 0.287. The minimum absolute atomic E-state index is 0.0231. The number of fused-ring (bicyclic) bond motifs is 1. The van der Waals surface area contributed by atoms with Gasteiger partial charge in [0.05, 0.1) is 12.6 Å². The number of benzene rings is 1. The summed E-state index contributed by atoms with van der Waals surface area (Å²) in [5.41, 5.74) is 2.66. The molecule has 1 aliphatic carbocycles. The maximum Gasteiger partial charge on any atom is 0.327 e. The standard InChI is InChI=1S/C25H34N6O3/c1-4-8-22(24-27-28-29-31(24)16-23(32)34-5-2)30(20-9-6-7-10-20)15-19-14-18-13-17(3)11-12-21(18)26-25(19)33/h11-14,20,22H,4-10,15-16H2,1-3H3,(H,26,33)/t22-/m1/s1. The van der Waals surface area contributed by atoms with Gasteiger partial charge in [-0.15, -0.1) is 5.10 Å². The highest BCUT2D eigenvalue weighted by Gasteiger charge is 2.33. The van der Waals surface area contributed by atoms with Gasteiger partial charge in [-0.2, -0.15) is 0 Å². The zero-order valence-corrected chi connectivity index (χ0v) is 20.3. The first-order valence-corrected chi connectivity index (χ1v) is 12.3. The summed E-state index contributed by atoms with van der Waals surface area (Å²) in [7, 11) is 0. The van der Waals surface area contributed by atoms with Crippen molar-refractivity contribution in [1.29, 1.82) is 0 Å². The van der Waals surface area contributed by atoms with Gasteiger partial charge >= 0.3 is 5.97 Å². The number of aromatic nitrogens is 5. The van der Waals surface area contributed by atoms with Gasteiger partial charge in [-0.25, -0.2) is 4.68 Å². The molecule has 9 heteroatoms. The van der Waals surface area contributed by atoms with Crippen molar-refractivity contribution in [2.75, 3.05) is 6.61 Å². The van der Waals surface area contributed by atoms with E-state index in [9.17, 15) is 9.59 Å². The van der Waals surface area contributed by atoms with E-state index in [4.69, 9.17) is 4.74 Å². The molecule has 1 fully saturated rings. The van der Waals surface area contributed by atoms with E-state index in [1.807, 2.05) is 18.2 Å². The molecule has 34 heavy (non-hydrogen) atoms. The van der Waals surface area contributed by atoms with E-state index in [1.54, 1.807) is 11.6 Å². The fourth-order valence-electron chi connectivity index (χ4n) is 5.02. The van der Waals surface area contributed by atoms with Crippen molar-refractivity contribution >= 4 is 16.9 Å². The van der Waals surface area contributed by atoms with Gasteiger partial charge in [0.1, 0.15) is 6.54 Å². The first kappa shape index (κ1) is 24.1. The molecule has 2 heterocycles. The molecular weight excluding hydrogens is 432 g/mol. The number of pyridine rings is 1. The van der Waals surface area contributed by atoms with Crippen molar-refractivity contribution in [3.8, 4) is 0 Å². The van der Waals surface area contributed by atoms with Gasteiger partial charge in [0.15, 0.2) is 5.82 Å². The van der Waals surface area contributed by atoms with E-state index in [1.165, 1.54) is 12.8 Å². The number of ether oxygens (including phenoxy) is 1. The molecule has 1 aromatic carbocycles. The number of H-pyrrole nitrogens is 1. The summed E-state index contributed by atoms with van der Waals surface area (Å²) in [6, 6.07) is 8.28. The Morgan fingerprint density at radius 3 is 2.79 bits per heavy atom. The van der Waals surface area contributed by atoms with E-state index >= 15 is 0 Å². The topological polar surface area (TPSA) is 106 Å². The molecule has 0 unspecified atom stereocenters. The summed E-state index contributed by atoms with van der Waals surface area (Å²) in [6.45, 7) is 6.75.